The zero-order valence-corrected chi connectivity index (χ0v) is 16.0. The number of carbonyl (C=O) groups is 2. The van der Waals surface area contributed by atoms with Crippen LogP contribution >= 0.6 is 0 Å². The van der Waals surface area contributed by atoms with E-state index in [0.29, 0.717) is 18.1 Å². The molecule has 3 amide bonds. The number of anilines is 3. The molecule has 0 radical (unpaired) electrons. The summed E-state index contributed by atoms with van der Waals surface area (Å²) in [7, 11) is 0. The third-order valence-corrected chi connectivity index (χ3v) is 5.57. The Hall–Kier alpha value is -3.23. The number of fused-ring (bicyclic) bond motifs is 4. The third kappa shape index (κ3) is 3.26. The SMILES string of the molecule is Cc1nc(NC(=O)N2c3nc(C(=O)NC4CC4)ccc3N3CC[C@H]2C3)ccc1F. The van der Waals surface area contributed by atoms with E-state index in [0.717, 1.165) is 31.5 Å². The molecule has 29 heavy (non-hydrogen) atoms. The summed E-state index contributed by atoms with van der Waals surface area (Å²) in [6.45, 7) is 3.08. The van der Waals surface area contributed by atoms with Crippen LogP contribution in [0.5, 0.6) is 0 Å². The Kier molecular flexibility index (Phi) is 4.11. The van der Waals surface area contributed by atoms with Crippen LogP contribution in [0.25, 0.3) is 0 Å². The quantitative estimate of drug-likeness (QED) is 0.832. The summed E-state index contributed by atoms with van der Waals surface area (Å²) in [5.41, 5.74) is 1.35. The van der Waals surface area contributed by atoms with Gasteiger partial charge in [-0.15, -0.1) is 0 Å². The van der Waals surface area contributed by atoms with E-state index in [1.807, 2.05) is 6.07 Å². The van der Waals surface area contributed by atoms with Gasteiger partial charge in [-0.2, -0.15) is 0 Å². The Morgan fingerprint density at radius 3 is 2.72 bits per heavy atom. The zero-order chi connectivity index (χ0) is 20.1. The molecule has 8 nitrogen and oxygen atoms in total. The molecule has 9 heteroatoms. The number of rotatable bonds is 3. The van der Waals surface area contributed by atoms with Gasteiger partial charge in [0.15, 0.2) is 5.82 Å². The number of halogens is 1. The fourth-order valence-electron chi connectivity index (χ4n) is 3.87. The molecule has 1 saturated heterocycles. The molecule has 2 aliphatic heterocycles. The van der Waals surface area contributed by atoms with E-state index in [-0.39, 0.29) is 35.5 Å². The van der Waals surface area contributed by atoms with Crippen molar-refractivity contribution in [2.75, 3.05) is 28.2 Å². The van der Waals surface area contributed by atoms with Gasteiger partial charge in [0.1, 0.15) is 17.3 Å². The highest BCUT2D eigenvalue weighted by Crippen LogP contribution is 2.39. The number of aromatic nitrogens is 2. The lowest BCUT2D eigenvalue weighted by atomic mass is 10.1. The minimum atomic E-state index is -0.425. The fraction of sp³-hybridized carbons (Fsp3) is 0.400. The van der Waals surface area contributed by atoms with Crippen molar-refractivity contribution in [2.45, 2.75) is 38.3 Å². The van der Waals surface area contributed by atoms with E-state index >= 15 is 0 Å². The number of carbonyl (C=O) groups excluding carboxylic acids is 2. The second-order valence-electron chi connectivity index (χ2n) is 7.74. The smallest absolute Gasteiger partial charge is 0.329 e. The molecule has 1 atom stereocenters. The van der Waals surface area contributed by atoms with Gasteiger partial charge < -0.3 is 10.2 Å². The van der Waals surface area contributed by atoms with Crippen molar-refractivity contribution in [3.63, 3.8) is 0 Å². The lowest BCUT2D eigenvalue weighted by Crippen LogP contribution is -2.48. The molecule has 2 N–H and O–H groups in total. The highest BCUT2D eigenvalue weighted by Gasteiger charge is 2.40. The third-order valence-electron chi connectivity index (χ3n) is 5.57. The molecule has 4 heterocycles. The molecule has 5 rings (SSSR count). The normalized spacial score (nSPS) is 19.7. The molecule has 2 bridgehead atoms. The first-order chi connectivity index (χ1) is 14.0. The van der Waals surface area contributed by atoms with Gasteiger partial charge in [-0.3, -0.25) is 15.0 Å². The molecule has 0 spiro atoms. The van der Waals surface area contributed by atoms with Gasteiger partial charge >= 0.3 is 6.03 Å². The van der Waals surface area contributed by atoms with Gasteiger partial charge in [-0.05, 0) is 50.5 Å². The van der Waals surface area contributed by atoms with Crippen molar-refractivity contribution in [3.8, 4) is 0 Å². The number of amides is 3. The van der Waals surface area contributed by atoms with Crippen molar-refractivity contribution in [2.24, 2.45) is 0 Å². The molecule has 150 valence electrons. The molecule has 1 aliphatic carbocycles. The van der Waals surface area contributed by atoms with Gasteiger partial charge in [0.05, 0.1) is 17.4 Å². The Morgan fingerprint density at radius 2 is 1.97 bits per heavy atom. The van der Waals surface area contributed by atoms with E-state index in [9.17, 15) is 14.0 Å². The lowest BCUT2D eigenvalue weighted by Gasteiger charge is -2.35. The van der Waals surface area contributed by atoms with Gasteiger partial charge in [0.25, 0.3) is 5.91 Å². The van der Waals surface area contributed by atoms with E-state index in [2.05, 4.69) is 25.5 Å². The van der Waals surface area contributed by atoms with Crippen LogP contribution in [0.15, 0.2) is 24.3 Å². The first kappa shape index (κ1) is 17.8. The van der Waals surface area contributed by atoms with Crippen molar-refractivity contribution in [1.82, 2.24) is 15.3 Å². The van der Waals surface area contributed by atoms with Crippen LogP contribution in [0.3, 0.4) is 0 Å². The van der Waals surface area contributed by atoms with E-state index in [4.69, 9.17) is 0 Å². The summed E-state index contributed by atoms with van der Waals surface area (Å²) < 4.78 is 13.5. The van der Waals surface area contributed by atoms with E-state index < -0.39 is 5.82 Å². The molecule has 2 fully saturated rings. The van der Waals surface area contributed by atoms with Crippen LogP contribution in [-0.4, -0.2) is 47.1 Å². The number of hydrogen-bond donors (Lipinski definition) is 2. The predicted octanol–water partition coefficient (Wildman–Crippen LogP) is 2.45. The fourth-order valence-corrected chi connectivity index (χ4v) is 3.87. The monoisotopic (exact) mass is 396 g/mol. The van der Waals surface area contributed by atoms with E-state index in [1.54, 1.807) is 17.9 Å². The van der Waals surface area contributed by atoms with Crippen molar-refractivity contribution < 1.29 is 14.0 Å². The number of hydrogen-bond acceptors (Lipinski definition) is 5. The molecule has 0 aromatic carbocycles. The average Bonchev–Trinajstić information content (AvgIpc) is 3.42. The Labute approximate surface area is 167 Å². The second kappa shape index (κ2) is 6.68. The maximum atomic E-state index is 13.5. The molecular formula is C20H21FN6O2. The van der Waals surface area contributed by atoms with Crippen LogP contribution in [0.1, 0.15) is 35.4 Å². The van der Waals surface area contributed by atoms with Crippen LogP contribution in [0.4, 0.5) is 26.5 Å². The minimum absolute atomic E-state index is 0.0433. The molecule has 2 aromatic rings. The average molecular weight is 396 g/mol. The maximum absolute atomic E-state index is 13.5. The van der Waals surface area contributed by atoms with Gasteiger partial charge in [-0.25, -0.2) is 19.2 Å². The molecule has 0 unspecified atom stereocenters. The van der Waals surface area contributed by atoms with Crippen LogP contribution in [-0.2, 0) is 0 Å². The van der Waals surface area contributed by atoms with Gasteiger partial charge in [0.2, 0.25) is 0 Å². The lowest BCUT2D eigenvalue weighted by molar-refractivity contribution is 0.0946. The summed E-state index contributed by atoms with van der Waals surface area (Å²) in [5.74, 6) is 0.0992. The number of aryl methyl sites for hydroxylation is 1. The van der Waals surface area contributed by atoms with Crippen molar-refractivity contribution in [1.29, 1.82) is 0 Å². The first-order valence-corrected chi connectivity index (χ1v) is 9.80. The molecule has 1 saturated carbocycles. The first-order valence-electron chi connectivity index (χ1n) is 9.80. The Balaban J connectivity index is 1.45. The second-order valence-corrected chi connectivity index (χ2v) is 7.74. The number of nitrogens with one attached hydrogen (secondary N) is 2. The predicted molar refractivity (Wildman–Crippen MR) is 106 cm³/mol. The highest BCUT2D eigenvalue weighted by atomic mass is 19.1. The van der Waals surface area contributed by atoms with Crippen LogP contribution in [0.2, 0.25) is 0 Å². The topological polar surface area (TPSA) is 90.5 Å². The summed E-state index contributed by atoms with van der Waals surface area (Å²) in [5, 5.41) is 5.68. The van der Waals surface area contributed by atoms with Gasteiger partial charge in [0, 0.05) is 19.1 Å². The Morgan fingerprint density at radius 1 is 1.14 bits per heavy atom. The summed E-state index contributed by atoms with van der Waals surface area (Å²) in [4.78, 5) is 38.0. The zero-order valence-electron chi connectivity index (χ0n) is 16.0. The Bertz CT molecular complexity index is 1010. The standard InChI is InChI=1S/C20H21FN6O2/c1-11-14(21)4-7-17(22-11)25-20(29)27-13-8-9-26(10-13)16-6-5-15(24-18(16)27)19(28)23-12-2-3-12/h4-7,12-13H,2-3,8-10H2,1H3,(H,23,28)(H,22,25,29)/t13-/m0/s1. The molecular weight excluding hydrogens is 375 g/mol. The van der Waals surface area contributed by atoms with Gasteiger partial charge in [-0.1, -0.05) is 0 Å². The van der Waals surface area contributed by atoms with Crippen LogP contribution in [0, 0.1) is 12.7 Å². The van der Waals surface area contributed by atoms with Crippen molar-refractivity contribution in [3.05, 3.63) is 41.5 Å². The number of nitrogens with zero attached hydrogens (tertiary/aromatic N) is 4. The van der Waals surface area contributed by atoms with Crippen LogP contribution < -0.4 is 20.4 Å². The minimum Gasteiger partial charge on any atom is -0.366 e. The molecule has 2 aromatic heterocycles. The molecule has 3 aliphatic rings. The maximum Gasteiger partial charge on any atom is 0.329 e. The van der Waals surface area contributed by atoms with E-state index in [1.165, 1.54) is 12.1 Å². The number of pyridine rings is 2. The number of urea groups is 1. The summed E-state index contributed by atoms with van der Waals surface area (Å²) in [6, 6.07) is 6.06. The van der Waals surface area contributed by atoms with Crippen molar-refractivity contribution >= 4 is 29.3 Å². The summed E-state index contributed by atoms with van der Waals surface area (Å²) in [6.07, 6.45) is 2.79. The largest absolute Gasteiger partial charge is 0.366 e. The highest BCUT2D eigenvalue weighted by molar-refractivity contribution is 6.05. The summed E-state index contributed by atoms with van der Waals surface area (Å²) >= 11 is 0.